The molecule has 0 bridgehead atoms. The topological polar surface area (TPSA) is 67.2 Å². The highest BCUT2D eigenvalue weighted by molar-refractivity contribution is 5.94. The van der Waals surface area contributed by atoms with Gasteiger partial charge in [0.15, 0.2) is 5.82 Å². The molecule has 1 aliphatic heterocycles. The fourth-order valence-corrected chi connectivity index (χ4v) is 3.57. The van der Waals surface area contributed by atoms with Crippen LogP contribution in [-0.4, -0.2) is 56.7 Å². The van der Waals surface area contributed by atoms with Gasteiger partial charge in [-0.1, -0.05) is 6.07 Å². The van der Waals surface area contributed by atoms with Crippen LogP contribution in [0.3, 0.4) is 0 Å². The van der Waals surface area contributed by atoms with Crippen molar-refractivity contribution in [1.29, 1.82) is 0 Å². The first kappa shape index (κ1) is 17.4. The zero-order valence-corrected chi connectivity index (χ0v) is 15.6. The molecule has 7 nitrogen and oxygen atoms in total. The second-order valence-electron chi connectivity index (χ2n) is 6.79. The number of aromatic nitrogens is 4. The smallest absolute Gasteiger partial charge is 0.254 e. The van der Waals surface area contributed by atoms with E-state index < -0.39 is 5.82 Å². The largest absolute Gasteiger partial charge is 0.351 e. The van der Waals surface area contributed by atoms with Crippen LogP contribution in [-0.2, 0) is 7.05 Å². The highest BCUT2D eigenvalue weighted by Crippen LogP contribution is 2.26. The van der Waals surface area contributed by atoms with E-state index in [4.69, 9.17) is 0 Å². The highest BCUT2D eigenvalue weighted by Gasteiger charge is 2.26. The van der Waals surface area contributed by atoms with Crippen LogP contribution < -0.4 is 4.90 Å². The molecule has 1 fully saturated rings. The molecule has 0 saturated carbocycles. The minimum atomic E-state index is -0.398. The third-order valence-electron chi connectivity index (χ3n) is 4.88. The van der Waals surface area contributed by atoms with Crippen LogP contribution in [0.25, 0.3) is 11.0 Å². The van der Waals surface area contributed by atoms with Crippen molar-refractivity contribution in [2.75, 3.05) is 31.1 Å². The van der Waals surface area contributed by atoms with Crippen molar-refractivity contribution in [3.8, 4) is 0 Å². The summed E-state index contributed by atoms with van der Waals surface area (Å²) in [5, 5.41) is 4.47. The van der Waals surface area contributed by atoms with E-state index in [-0.39, 0.29) is 5.91 Å². The molecule has 0 atom stereocenters. The van der Waals surface area contributed by atoms with Crippen molar-refractivity contribution in [2.24, 2.45) is 7.05 Å². The molecule has 0 aliphatic carbocycles. The third-order valence-corrected chi connectivity index (χ3v) is 4.88. The molecular formula is C19H21FN6O. The SMILES string of the molecule is Cc1nc(N2CCN(C(=O)c3cccc(F)c3)CC2)c2c(n1)c(C)nn2C. The maximum atomic E-state index is 13.4. The van der Waals surface area contributed by atoms with Gasteiger partial charge < -0.3 is 9.80 Å². The second-order valence-corrected chi connectivity index (χ2v) is 6.79. The van der Waals surface area contributed by atoms with Gasteiger partial charge >= 0.3 is 0 Å². The Bertz CT molecular complexity index is 1020. The lowest BCUT2D eigenvalue weighted by atomic mass is 10.1. The first-order valence-electron chi connectivity index (χ1n) is 8.92. The van der Waals surface area contributed by atoms with Gasteiger partial charge in [-0.3, -0.25) is 9.48 Å². The van der Waals surface area contributed by atoms with E-state index in [0.29, 0.717) is 37.6 Å². The molecule has 1 aliphatic rings. The maximum Gasteiger partial charge on any atom is 0.254 e. The number of amides is 1. The molecule has 1 aromatic carbocycles. The molecule has 3 heterocycles. The Morgan fingerprint density at radius 3 is 2.56 bits per heavy atom. The Labute approximate surface area is 156 Å². The molecule has 3 aromatic rings. The lowest BCUT2D eigenvalue weighted by molar-refractivity contribution is 0.0746. The van der Waals surface area contributed by atoms with Crippen LogP contribution >= 0.6 is 0 Å². The predicted molar refractivity (Wildman–Crippen MR) is 100 cm³/mol. The van der Waals surface area contributed by atoms with Crippen molar-refractivity contribution in [1.82, 2.24) is 24.6 Å². The number of hydrogen-bond acceptors (Lipinski definition) is 5. The molecule has 1 amide bonds. The number of halogens is 1. The summed E-state index contributed by atoms with van der Waals surface area (Å²) < 4.78 is 15.2. The Balaban J connectivity index is 1.56. The van der Waals surface area contributed by atoms with E-state index in [9.17, 15) is 9.18 Å². The quantitative estimate of drug-likeness (QED) is 0.693. The molecular weight excluding hydrogens is 347 g/mol. The van der Waals surface area contributed by atoms with Gasteiger partial charge in [0, 0.05) is 38.8 Å². The van der Waals surface area contributed by atoms with Crippen molar-refractivity contribution in [3.05, 3.63) is 47.2 Å². The first-order valence-corrected chi connectivity index (χ1v) is 8.92. The number of carbonyl (C=O) groups excluding carboxylic acids is 1. The second kappa shape index (κ2) is 6.61. The summed E-state index contributed by atoms with van der Waals surface area (Å²) in [6.45, 7) is 6.22. The van der Waals surface area contributed by atoms with Crippen LogP contribution in [0.4, 0.5) is 10.2 Å². The van der Waals surface area contributed by atoms with Gasteiger partial charge in [0.25, 0.3) is 5.91 Å². The minimum absolute atomic E-state index is 0.144. The number of aryl methyl sites for hydroxylation is 3. The number of piperazine rings is 1. The van der Waals surface area contributed by atoms with Crippen molar-refractivity contribution < 1.29 is 9.18 Å². The number of rotatable bonds is 2. The van der Waals surface area contributed by atoms with E-state index in [1.54, 1.807) is 17.0 Å². The van der Waals surface area contributed by atoms with Crippen LogP contribution in [0, 0.1) is 19.7 Å². The van der Waals surface area contributed by atoms with Crippen molar-refractivity contribution in [2.45, 2.75) is 13.8 Å². The molecule has 0 spiro atoms. The number of carbonyl (C=O) groups is 1. The molecule has 2 aromatic heterocycles. The summed E-state index contributed by atoms with van der Waals surface area (Å²) in [5.74, 6) is 1.00. The van der Waals surface area contributed by atoms with Crippen LogP contribution in [0.15, 0.2) is 24.3 Å². The number of hydrogen-bond donors (Lipinski definition) is 0. The monoisotopic (exact) mass is 368 g/mol. The average molecular weight is 368 g/mol. The molecule has 4 rings (SSSR count). The van der Waals surface area contributed by atoms with E-state index in [1.807, 2.05) is 25.6 Å². The molecule has 8 heteroatoms. The molecule has 140 valence electrons. The van der Waals surface area contributed by atoms with Gasteiger partial charge in [0.05, 0.1) is 5.69 Å². The van der Waals surface area contributed by atoms with Crippen molar-refractivity contribution >= 4 is 22.8 Å². The van der Waals surface area contributed by atoms with E-state index >= 15 is 0 Å². The van der Waals surface area contributed by atoms with Crippen LogP contribution in [0.1, 0.15) is 21.9 Å². The predicted octanol–water partition coefficient (Wildman–Crippen LogP) is 2.08. The van der Waals surface area contributed by atoms with E-state index in [1.165, 1.54) is 12.1 Å². The summed E-state index contributed by atoms with van der Waals surface area (Å²) >= 11 is 0. The van der Waals surface area contributed by atoms with Crippen LogP contribution in [0.5, 0.6) is 0 Å². The van der Waals surface area contributed by atoms with Crippen LogP contribution in [0.2, 0.25) is 0 Å². The molecule has 0 N–H and O–H groups in total. The van der Waals surface area contributed by atoms with Gasteiger partial charge in [-0.25, -0.2) is 14.4 Å². The van der Waals surface area contributed by atoms with Gasteiger partial charge in [0.2, 0.25) is 0 Å². The average Bonchev–Trinajstić information content (AvgIpc) is 2.94. The minimum Gasteiger partial charge on any atom is -0.351 e. The summed E-state index contributed by atoms with van der Waals surface area (Å²) in [6.07, 6.45) is 0. The lowest BCUT2D eigenvalue weighted by Gasteiger charge is -2.35. The maximum absolute atomic E-state index is 13.4. The summed E-state index contributed by atoms with van der Waals surface area (Å²) in [4.78, 5) is 25.7. The lowest BCUT2D eigenvalue weighted by Crippen LogP contribution is -2.49. The highest BCUT2D eigenvalue weighted by atomic mass is 19.1. The zero-order chi connectivity index (χ0) is 19.1. The van der Waals surface area contributed by atoms with Crippen molar-refractivity contribution in [3.63, 3.8) is 0 Å². The summed E-state index contributed by atoms with van der Waals surface area (Å²) in [5.41, 5.74) is 3.02. The van der Waals surface area contributed by atoms with E-state index in [2.05, 4.69) is 20.0 Å². The van der Waals surface area contributed by atoms with E-state index in [0.717, 1.165) is 22.5 Å². The standard InChI is InChI=1S/C19H21FN6O/c1-12-16-17(24(3)23-12)18(22-13(2)21-16)25-7-9-26(10-8-25)19(27)14-5-4-6-15(20)11-14/h4-6,11H,7-10H2,1-3H3. The number of anilines is 1. The Kier molecular flexibility index (Phi) is 4.25. The molecule has 1 saturated heterocycles. The zero-order valence-electron chi connectivity index (χ0n) is 15.6. The number of benzene rings is 1. The fourth-order valence-electron chi connectivity index (χ4n) is 3.57. The van der Waals surface area contributed by atoms with Gasteiger partial charge in [0.1, 0.15) is 22.7 Å². The summed E-state index contributed by atoms with van der Waals surface area (Å²) in [7, 11) is 1.89. The normalized spacial score (nSPS) is 14.8. The Morgan fingerprint density at radius 2 is 1.85 bits per heavy atom. The number of nitrogens with zero attached hydrogens (tertiary/aromatic N) is 6. The first-order chi connectivity index (χ1) is 12.9. The molecule has 27 heavy (non-hydrogen) atoms. The molecule has 0 radical (unpaired) electrons. The van der Waals surface area contributed by atoms with Gasteiger partial charge in [-0.15, -0.1) is 0 Å². The Morgan fingerprint density at radius 1 is 1.11 bits per heavy atom. The Hall–Kier alpha value is -3.03. The van der Waals surface area contributed by atoms with Gasteiger partial charge in [-0.2, -0.15) is 5.10 Å². The third kappa shape index (κ3) is 3.11. The summed E-state index contributed by atoms with van der Waals surface area (Å²) in [6, 6.07) is 5.83. The number of fused-ring (bicyclic) bond motifs is 1. The molecule has 0 unspecified atom stereocenters. The van der Waals surface area contributed by atoms with Gasteiger partial charge in [-0.05, 0) is 32.0 Å². The fraction of sp³-hybridized carbons (Fsp3) is 0.368.